The predicted octanol–water partition coefficient (Wildman–Crippen LogP) is -0.361. The number of allylic oxidation sites excluding steroid dienone is 2. The molecule has 0 nitrogen and oxygen atoms in total. The maximum absolute atomic E-state index is 2.27. The molecule has 1 aliphatic carbocycles. The lowest BCUT2D eigenvalue weighted by Crippen LogP contribution is -1.43. The molecule has 0 bridgehead atoms. The highest BCUT2D eigenvalue weighted by Gasteiger charge is 1.93. The molecule has 0 saturated carbocycles. The highest BCUT2D eigenvalue weighted by molar-refractivity contribution is 6.24. The first kappa shape index (κ1) is 2.21. The Hall–Kier alpha value is -0.0431. The van der Waals surface area contributed by atoms with Gasteiger partial charge < -0.3 is 0 Å². The Bertz CT molecular complexity index is 54.3. The quantitative estimate of drug-likeness (QED) is 0.341. The van der Waals surface area contributed by atoms with Crippen LogP contribution in [-0.4, -0.2) is 10.2 Å². The van der Waals surface area contributed by atoms with E-state index in [2.05, 4.69) is 6.08 Å². The van der Waals surface area contributed by atoms with Crippen molar-refractivity contribution in [1.29, 1.82) is 0 Å². The highest BCUT2D eigenvalue weighted by atomic mass is 28.1. The Labute approximate surface area is 28.9 Å². The topological polar surface area (TPSA) is 0 Å². The second kappa shape index (κ2) is 0.461. The van der Waals surface area contributed by atoms with Crippen molar-refractivity contribution in [1.82, 2.24) is 0 Å². The van der Waals surface area contributed by atoms with E-state index in [1.54, 1.807) is 5.20 Å². The molecule has 0 atom stereocenters. The van der Waals surface area contributed by atoms with Gasteiger partial charge in [0.15, 0.2) is 0 Å². The van der Waals surface area contributed by atoms with Crippen LogP contribution < -0.4 is 0 Å². The van der Waals surface area contributed by atoms with Crippen molar-refractivity contribution < 1.29 is 0 Å². The molecule has 1 aliphatic rings. The van der Waals surface area contributed by atoms with Crippen LogP contribution in [0.5, 0.6) is 0 Å². The fourth-order valence-corrected chi connectivity index (χ4v) is 0.306. The molecule has 0 saturated heterocycles. The van der Waals surface area contributed by atoms with Gasteiger partial charge in [-0.3, -0.25) is 0 Å². The monoisotopic (exact) mass is 70.0 g/mol. The average Bonchev–Trinajstić information content (AvgIpc) is 1.75. The molecule has 0 N–H and O–H groups in total. The van der Waals surface area contributed by atoms with Crippen LogP contribution >= 0.6 is 0 Å². The van der Waals surface area contributed by atoms with Gasteiger partial charge in [-0.05, 0) is 6.42 Å². The first-order chi connectivity index (χ1) is 1.89. The van der Waals surface area contributed by atoms with Gasteiger partial charge in [-0.1, -0.05) is 11.3 Å². The summed E-state index contributed by atoms with van der Waals surface area (Å²) in [5.41, 5.74) is 0. The standard InChI is InChI=1S/C3H6Si/c4-3-1-2-3/h1H,2H2,4H3. The first-order valence-corrected chi connectivity index (χ1v) is 2.55. The molecule has 1 heteroatoms. The van der Waals surface area contributed by atoms with Gasteiger partial charge in [0.1, 0.15) is 0 Å². The van der Waals surface area contributed by atoms with Crippen LogP contribution in [0.25, 0.3) is 0 Å². The van der Waals surface area contributed by atoms with Crippen LogP contribution in [0.2, 0.25) is 0 Å². The summed E-state index contributed by atoms with van der Waals surface area (Å²) in [7, 11) is 1.32. The first-order valence-electron chi connectivity index (χ1n) is 1.55. The van der Waals surface area contributed by atoms with Crippen LogP contribution in [0.1, 0.15) is 6.42 Å². The second-order valence-corrected chi connectivity index (χ2v) is 2.54. The van der Waals surface area contributed by atoms with E-state index in [4.69, 9.17) is 0 Å². The smallest absolute Gasteiger partial charge is 0.0333 e. The van der Waals surface area contributed by atoms with E-state index < -0.39 is 0 Å². The van der Waals surface area contributed by atoms with Crippen molar-refractivity contribution in [2.75, 3.05) is 0 Å². The van der Waals surface area contributed by atoms with Gasteiger partial charge in [0, 0.05) is 10.2 Å². The summed E-state index contributed by atoms with van der Waals surface area (Å²) >= 11 is 0. The van der Waals surface area contributed by atoms with Crippen molar-refractivity contribution in [3.8, 4) is 0 Å². The molecule has 0 aromatic rings. The molecule has 0 heterocycles. The summed E-state index contributed by atoms with van der Waals surface area (Å²) in [4.78, 5) is 0. The fourth-order valence-electron chi connectivity index (χ4n) is 0.102. The number of hydrogen-bond donors (Lipinski definition) is 0. The van der Waals surface area contributed by atoms with Gasteiger partial charge in [0.2, 0.25) is 0 Å². The zero-order chi connectivity index (χ0) is 2.99. The van der Waals surface area contributed by atoms with E-state index in [1.807, 2.05) is 0 Å². The van der Waals surface area contributed by atoms with Crippen molar-refractivity contribution in [3.63, 3.8) is 0 Å². The Balaban J connectivity index is 2.54. The third-order valence-electron chi connectivity index (χ3n) is 0.612. The maximum atomic E-state index is 2.27. The van der Waals surface area contributed by atoms with Crippen LogP contribution in [0.3, 0.4) is 0 Å². The summed E-state index contributed by atoms with van der Waals surface area (Å²) in [6, 6.07) is 0. The highest BCUT2D eigenvalue weighted by Crippen LogP contribution is 2.10. The third-order valence-corrected chi connectivity index (χ3v) is 1.43. The molecule has 0 aromatic heterocycles. The van der Waals surface area contributed by atoms with Crippen LogP contribution in [0.4, 0.5) is 0 Å². The molecule has 0 unspecified atom stereocenters. The molecule has 0 aromatic carbocycles. The predicted molar refractivity (Wildman–Crippen MR) is 22.6 cm³/mol. The van der Waals surface area contributed by atoms with E-state index in [0.29, 0.717) is 0 Å². The lowest BCUT2D eigenvalue weighted by Gasteiger charge is -1.46. The van der Waals surface area contributed by atoms with Gasteiger partial charge in [0.05, 0.1) is 0 Å². The molecule has 0 amide bonds. The summed E-state index contributed by atoms with van der Waals surface area (Å²) in [5, 5.41) is 1.68. The average molecular weight is 70.2 g/mol. The summed E-state index contributed by atoms with van der Waals surface area (Å²) in [6.07, 6.45) is 3.61. The van der Waals surface area contributed by atoms with E-state index in [0.717, 1.165) is 0 Å². The molecule has 1 rings (SSSR count). The Morgan fingerprint density at radius 3 is 2.25 bits per heavy atom. The molecule has 0 spiro atoms. The fraction of sp³-hybridized carbons (Fsp3) is 0.333. The lowest BCUT2D eigenvalue weighted by atomic mass is 10.9. The minimum absolute atomic E-state index is 1.32. The zero-order valence-corrected chi connectivity index (χ0v) is 4.78. The van der Waals surface area contributed by atoms with Crippen molar-refractivity contribution in [3.05, 3.63) is 11.3 Å². The molecule has 0 fully saturated rings. The normalized spacial score (nSPS) is 20.5. The van der Waals surface area contributed by atoms with E-state index in [1.165, 1.54) is 16.7 Å². The summed E-state index contributed by atoms with van der Waals surface area (Å²) in [6.45, 7) is 0. The van der Waals surface area contributed by atoms with Gasteiger partial charge in [-0.2, -0.15) is 0 Å². The van der Waals surface area contributed by atoms with Gasteiger partial charge >= 0.3 is 0 Å². The number of hydrogen-bond acceptors (Lipinski definition) is 0. The van der Waals surface area contributed by atoms with Crippen molar-refractivity contribution >= 4 is 10.2 Å². The van der Waals surface area contributed by atoms with Gasteiger partial charge in [-0.25, -0.2) is 0 Å². The third kappa shape index (κ3) is 0.205. The molecular weight excluding hydrogens is 64.1 g/mol. The Kier molecular flexibility index (Phi) is 0.255. The van der Waals surface area contributed by atoms with Crippen molar-refractivity contribution in [2.24, 2.45) is 0 Å². The number of rotatable bonds is 0. The van der Waals surface area contributed by atoms with Crippen LogP contribution in [0, 0.1) is 0 Å². The van der Waals surface area contributed by atoms with Gasteiger partial charge in [0.25, 0.3) is 0 Å². The van der Waals surface area contributed by atoms with Gasteiger partial charge in [-0.15, -0.1) is 0 Å². The minimum Gasteiger partial charge on any atom is -0.0917 e. The molecule has 22 valence electrons. The molecule has 4 heavy (non-hydrogen) atoms. The Morgan fingerprint density at radius 2 is 2.25 bits per heavy atom. The molecular formula is C3H6Si. The molecule has 0 aliphatic heterocycles. The minimum atomic E-state index is 1.32. The maximum Gasteiger partial charge on any atom is 0.0333 e. The summed E-state index contributed by atoms with van der Waals surface area (Å²) in [5.74, 6) is 0. The lowest BCUT2D eigenvalue weighted by molar-refractivity contribution is 1.67. The van der Waals surface area contributed by atoms with E-state index in [-0.39, 0.29) is 0 Å². The SMILES string of the molecule is [SiH3]C1=CC1. The largest absolute Gasteiger partial charge is 0.0917 e. The molecule has 0 radical (unpaired) electrons. The second-order valence-electron chi connectivity index (χ2n) is 1.25. The van der Waals surface area contributed by atoms with E-state index >= 15 is 0 Å². The Morgan fingerprint density at radius 1 is 2.00 bits per heavy atom. The van der Waals surface area contributed by atoms with Crippen LogP contribution in [-0.2, 0) is 0 Å². The van der Waals surface area contributed by atoms with Crippen LogP contribution in [0.15, 0.2) is 11.3 Å². The van der Waals surface area contributed by atoms with Crippen molar-refractivity contribution in [2.45, 2.75) is 6.42 Å². The zero-order valence-electron chi connectivity index (χ0n) is 2.78. The van der Waals surface area contributed by atoms with E-state index in [9.17, 15) is 0 Å². The summed E-state index contributed by atoms with van der Waals surface area (Å²) < 4.78 is 0.